The van der Waals surface area contributed by atoms with Crippen LogP contribution in [0.3, 0.4) is 0 Å². The third-order valence-electron chi connectivity index (χ3n) is 3.40. The van der Waals surface area contributed by atoms with E-state index in [0.29, 0.717) is 11.5 Å². The Balaban J connectivity index is 2.35. The molecular weight excluding hydrogens is 182 g/mol. The molecule has 0 saturated heterocycles. The first kappa shape index (κ1) is 10.5. The molecular formula is C14H21N. The Morgan fingerprint density at radius 3 is 2.47 bits per heavy atom. The summed E-state index contributed by atoms with van der Waals surface area (Å²) in [7, 11) is 0. The maximum atomic E-state index is 3.66. The van der Waals surface area contributed by atoms with Gasteiger partial charge in [0.1, 0.15) is 0 Å². The van der Waals surface area contributed by atoms with Crippen LogP contribution < -0.4 is 5.32 Å². The van der Waals surface area contributed by atoms with Crippen LogP contribution in [-0.2, 0) is 6.42 Å². The van der Waals surface area contributed by atoms with Crippen molar-refractivity contribution in [3.05, 3.63) is 28.8 Å². The highest BCUT2D eigenvalue weighted by atomic mass is 15.0. The number of rotatable bonds is 0. The number of benzene rings is 1. The molecule has 2 rings (SSSR count). The summed E-state index contributed by atoms with van der Waals surface area (Å²) in [5.74, 6) is 0. The number of fused-ring (bicyclic) bond motifs is 1. The SMILES string of the molecule is Cc1cc(C)c2c(c1)NC(C(C)(C)C)C2. The van der Waals surface area contributed by atoms with Gasteiger partial charge in [-0.05, 0) is 48.4 Å². The molecule has 1 aromatic rings. The van der Waals surface area contributed by atoms with E-state index in [4.69, 9.17) is 0 Å². The summed E-state index contributed by atoms with van der Waals surface area (Å²) in [4.78, 5) is 0. The van der Waals surface area contributed by atoms with Gasteiger partial charge in [-0.1, -0.05) is 26.8 Å². The number of aryl methyl sites for hydroxylation is 2. The average molecular weight is 203 g/mol. The molecule has 15 heavy (non-hydrogen) atoms. The summed E-state index contributed by atoms with van der Waals surface area (Å²) < 4.78 is 0. The fourth-order valence-corrected chi connectivity index (χ4v) is 2.36. The molecule has 1 heteroatoms. The van der Waals surface area contributed by atoms with Gasteiger partial charge < -0.3 is 5.32 Å². The Kier molecular flexibility index (Phi) is 2.29. The quantitative estimate of drug-likeness (QED) is 0.678. The molecule has 1 unspecified atom stereocenters. The van der Waals surface area contributed by atoms with Crippen molar-refractivity contribution < 1.29 is 0 Å². The lowest BCUT2D eigenvalue weighted by atomic mass is 9.85. The van der Waals surface area contributed by atoms with Crippen LogP contribution in [0, 0.1) is 19.3 Å². The Bertz CT molecular complexity index is 385. The molecule has 1 nitrogen and oxygen atoms in total. The number of anilines is 1. The second-order valence-corrected chi connectivity index (χ2v) is 5.88. The van der Waals surface area contributed by atoms with Gasteiger partial charge in [0, 0.05) is 11.7 Å². The highest BCUT2D eigenvalue weighted by molar-refractivity contribution is 5.61. The standard InChI is InChI=1S/C14H21N/c1-9-6-10(2)11-8-13(14(3,4)5)15-12(11)7-9/h6-7,13,15H,8H2,1-5H3. The van der Waals surface area contributed by atoms with Gasteiger partial charge in [0.25, 0.3) is 0 Å². The molecule has 0 saturated carbocycles. The normalized spacial score (nSPS) is 19.9. The molecule has 1 heterocycles. The first-order chi connectivity index (χ1) is 6.88. The van der Waals surface area contributed by atoms with Gasteiger partial charge >= 0.3 is 0 Å². The maximum Gasteiger partial charge on any atom is 0.0381 e. The van der Waals surface area contributed by atoms with Crippen molar-refractivity contribution in [1.29, 1.82) is 0 Å². The molecule has 0 radical (unpaired) electrons. The predicted molar refractivity (Wildman–Crippen MR) is 66.5 cm³/mol. The van der Waals surface area contributed by atoms with Crippen molar-refractivity contribution in [3.8, 4) is 0 Å². The first-order valence-electron chi connectivity index (χ1n) is 5.74. The third-order valence-corrected chi connectivity index (χ3v) is 3.40. The molecule has 1 aliphatic rings. The summed E-state index contributed by atoms with van der Waals surface area (Å²) in [6.07, 6.45) is 1.17. The maximum absolute atomic E-state index is 3.66. The van der Waals surface area contributed by atoms with Crippen molar-refractivity contribution in [3.63, 3.8) is 0 Å². The Labute approximate surface area is 92.9 Å². The average Bonchev–Trinajstić information content (AvgIpc) is 2.46. The van der Waals surface area contributed by atoms with E-state index < -0.39 is 0 Å². The summed E-state index contributed by atoms with van der Waals surface area (Å²) in [5, 5.41) is 3.66. The Hall–Kier alpha value is -0.980. The predicted octanol–water partition coefficient (Wildman–Crippen LogP) is 3.69. The topological polar surface area (TPSA) is 12.0 Å². The van der Waals surface area contributed by atoms with Crippen LogP contribution in [0.5, 0.6) is 0 Å². The summed E-state index contributed by atoms with van der Waals surface area (Å²) in [6.45, 7) is 11.3. The minimum atomic E-state index is 0.333. The molecule has 82 valence electrons. The van der Waals surface area contributed by atoms with Gasteiger partial charge in [-0.2, -0.15) is 0 Å². The zero-order valence-corrected chi connectivity index (χ0v) is 10.4. The molecule has 0 amide bonds. The zero-order valence-electron chi connectivity index (χ0n) is 10.4. The van der Waals surface area contributed by atoms with Crippen LogP contribution >= 0.6 is 0 Å². The second kappa shape index (κ2) is 3.26. The van der Waals surface area contributed by atoms with Crippen LogP contribution in [0.25, 0.3) is 0 Å². The van der Waals surface area contributed by atoms with Crippen molar-refractivity contribution in [2.75, 3.05) is 5.32 Å². The van der Waals surface area contributed by atoms with E-state index in [-0.39, 0.29) is 0 Å². The van der Waals surface area contributed by atoms with Gasteiger partial charge in [0.05, 0.1) is 0 Å². The van der Waals surface area contributed by atoms with Crippen LogP contribution in [0.15, 0.2) is 12.1 Å². The Morgan fingerprint density at radius 1 is 1.20 bits per heavy atom. The van der Waals surface area contributed by atoms with Crippen molar-refractivity contribution in [2.45, 2.75) is 47.1 Å². The lowest BCUT2D eigenvalue weighted by Gasteiger charge is -2.27. The lowest BCUT2D eigenvalue weighted by Crippen LogP contribution is -2.31. The van der Waals surface area contributed by atoms with Crippen molar-refractivity contribution in [2.24, 2.45) is 5.41 Å². The number of hydrogen-bond donors (Lipinski definition) is 1. The van der Waals surface area contributed by atoms with Gasteiger partial charge in [-0.3, -0.25) is 0 Å². The lowest BCUT2D eigenvalue weighted by molar-refractivity contribution is 0.347. The van der Waals surface area contributed by atoms with E-state index in [1.54, 1.807) is 0 Å². The highest BCUT2D eigenvalue weighted by Crippen LogP contribution is 2.36. The van der Waals surface area contributed by atoms with Crippen molar-refractivity contribution >= 4 is 5.69 Å². The van der Waals surface area contributed by atoms with Crippen molar-refractivity contribution in [1.82, 2.24) is 0 Å². The van der Waals surface area contributed by atoms with Gasteiger partial charge in [-0.25, -0.2) is 0 Å². The van der Waals surface area contributed by atoms with Gasteiger partial charge in [-0.15, -0.1) is 0 Å². The smallest absolute Gasteiger partial charge is 0.0381 e. The summed E-state index contributed by atoms with van der Waals surface area (Å²) in [5.41, 5.74) is 5.99. The summed E-state index contributed by atoms with van der Waals surface area (Å²) >= 11 is 0. The largest absolute Gasteiger partial charge is 0.381 e. The molecule has 1 aliphatic heterocycles. The number of nitrogens with one attached hydrogen (secondary N) is 1. The molecule has 0 aliphatic carbocycles. The highest BCUT2D eigenvalue weighted by Gasteiger charge is 2.31. The van der Waals surface area contributed by atoms with Crippen LogP contribution in [0.1, 0.15) is 37.5 Å². The van der Waals surface area contributed by atoms with E-state index in [1.165, 1.54) is 28.8 Å². The van der Waals surface area contributed by atoms with Crippen LogP contribution in [-0.4, -0.2) is 6.04 Å². The molecule has 1 atom stereocenters. The zero-order chi connectivity index (χ0) is 11.2. The summed E-state index contributed by atoms with van der Waals surface area (Å²) in [6, 6.07) is 5.13. The second-order valence-electron chi connectivity index (χ2n) is 5.88. The van der Waals surface area contributed by atoms with Gasteiger partial charge in [0.15, 0.2) is 0 Å². The minimum absolute atomic E-state index is 0.333. The molecule has 0 spiro atoms. The monoisotopic (exact) mass is 203 g/mol. The van der Waals surface area contributed by atoms with E-state index in [2.05, 4.69) is 52.1 Å². The molecule has 0 aromatic heterocycles. The molecule has 1 aromatic carbocycles. The van der Waals surface area contributed by atoms with E-state index in [0.717, 1.165) is 0 Å². The van der Waals surface area contributed by atoms with E-state index >= 15 is 0 Å². The van der Waals surface area contributed by atoms with Crippen LogP contribution in [0.2, 0.25) is 0 Å². The van der Waals surface area contributed by atoms with E-state index in [1.807, 2.05) is 0 Å². The fraction of sp³-hybridized carbons (Fsp3) is 0.571. The molecule has 0 bridgehead atoms. The number of hydrogen-bond acceptors (Lipinski definition) is 1. The fourth-order valence-electron chi connectivity index (χ4n) is 2.36. The van der Waals surface area contributed by atoms with Gasteiger partial charge in [0.2, 0.25) is 0 Å². The minimum Gasteiger partial charge on any atom is -0.381 e. The van der Waals surface area contributed by atoms with E-state index in [9.17, 15) is 0 Å². The third kappa shape index (κ3) is 1.88. The Morgan fingerprint density at radius 2 is 1.87 bits per heavy atom. The molecule has 1 N–H and O–H groups in total. The first-order valence-corrected chi connectivity index (χ1v) is 5.74. The molecule has 0 fully saturated rings. The van der Waals surface area contributed by atoms with Crippen LogP contribution in [0.4, 0.5) is 5.69 Å².